The fraction of sp³-hybridized carbons (Fsp3) is 0.200. The number of rotatable bonds is 6. The first-order chi connectivity index (χ1) is 12.5. The second-order valence-corrected chi connectivity index (χ2v) is 7.37. The molecule has 1 atom stereocenters. The van der Waals surface area contributed by atoms with E-state index in [0.717, 1.165) is 22.6 Å². The van der Waals surface area contributed by atoms with Gasteiger partial charge in [-0.15, -0.1) is 11.3 Å². The van der Waals surface area contributed by atoms with Crippen molar-refractivity contribution >= 4 is 51.6 Å². The van der Waals surface area contributed by atoms with E-state index in [2.05, 4.69) is 5.32 Å². The number of carbonyl (C=O) groups is 2. The fourth-order valence-electron chi connectivity index (χ4n) is 2.82. The number of carbonyl (C=O) groups excluding carboxylic acids is 2. The van der Waals surface area contributed by atoms with Crippen molar-refractivity contribution in [3.8, 4) is 5.75 Å². The minimum atomic E-state index is -0.236. The Bertz CT molecular complexity index is 967. The molecule has 1 unspecified atom stereocenters. The quantitative estimate of drug-likeness (QED) is 0.592. The molecule has 1 heterocycles. The van der Waals surface area contributed by atoms with Gasteiger partial charge in [0.2, 0.25) is 5.91 Å². The summed E-state index contributed by atoms with van der Waals surface area (Å²) in [5, 5.41) is 7.11. The van der Waals surface area contributed by atoms with E-state index in [1.807, 2.05) is 37.3 Å². The predicted molar refractivity (Wildman–Crippen MR) is 107 cm³/mol. The Morgan fingerprint density at radius 2 is 2.12 bits per heavy atom. The van der Waals surface area contributed by atoms with E-state index >= 15 is 0 Å². The molecule has 0 aliphatic carbocycles. The second-order valence-electron chi connectivity index (χ2n) is 6.05. The summed E-state index contributed by atoms with van der Waals surface area (Å²) in [6, 6.07) is 11.5. The van der Waals surface area contributed by atoms with E-state index in [9.17, 15) is 9.59 Å². The van der Waals surface area contributed by atoms with Crippen LogP contribution in [0.5, 0.6) is 5.75 Å². The van der Waals surface area contributed by atoms with Gasteiger partial charge in [-0.1, -0.05) is 42.8 Å². The first-order valence-electron chi connectivity index (χ1n) is 8.12. The molecule has 0 bridgehead atoms. The third-order valence-electron chi connectivity index (χ3n) is 4.25. The van der Waals surface area contributed by atoms with Gasteiger partial charge in [0, 0.05) is 11.3 Å². The topological polar surface area (TPSA) is 55.4 Å². The molecule has 134 valence electrons. The molecule has 1 aromatic heterocycles. The maximum Gasteiger partial charge on any atom is 0.227 e. The van der Waals surface area contributed by atoms with Crippen LogP contribution in [-0.4, -0.2) is 19.3 Å². The van der Waals surface area contributed by atoms with E-state index in [4.69, 9.17) is 16.3 Å². The Hall–Kier alpha value is -2.37. The number of thiophene rings is 1. The molecule has 0 aliphatic heterocycles. The molecule has 26 heavy (non-hydrogen) atoms. The van der Waals surface area contributed by atoms with Crippen LogP contribution < -0.4 is 10.1 Å². The minimum Gasteiger partial charge on any atom is -0.495 e. The van der Waals surface area contributed by atoms with Gasteiger partial charge in [-0.25, -0.2) is 0 Å². The average molecular weight is 388 g/mol. The maximum absolute atomic E-state index is 12.4. The number of hydrogen-bond donors (Lipinski definition) is 1. The molecular weight excluding hydrogens is 370 g/mol. The molecule has 3 rings (SSSR count). The summed E-state index contributed by atoms with van der Waals surface area (Å²) in [5.74, 6) is 0.293. The molecule has 0 fully saturated rings. The average Bonchev–Trinajstić information content (AvgIpc) is 3.09. The van der Waals surface area contributed by atoms with Gasteiger partial charge < -0.3 is 10.1 Å². The van der Waals surface area contributed by atoms with Crippen molar-refractivity contribution in [1.82, 2.24) is 0 Å². The van der Waals surface area contributed by atoms with Crippen molar-refractivity contribution in [1.29, 1.82) is 0 Å². The van der Waals surface area contributed by atoms with Crippen LogP contribution in [0.1, 0.15) is 22.2 Å². The standard InChI is InChI=1S/C20H18ClNO3S/c1-12(20(24)22-16-7-8-26-18(16)11-23)9-13-3-5-15-14(10-13)4-6-17(25-2)19(15)21/h3-8,10-12H,9H2,1-2H3,(H,22,24). The van der Waals surface area contributed by atoms with Crippen LogP contribution in [0.3, 0.4) is 0 Å². The van der Waals surface area contributed by atoms with Gasteiger partial charge >= 0.3 is 0 Å². The summed E-state index contributed by atoms with van der Waals surface area (Å²) in [6.45, 7) is 1.87. The Kier molecular flexibility index (Phi) is 5.59. The number of halogens is 1. The summed E-state index contributed by atoms with van der Waals surface area (Å²) in [7, 11) is 1.59. The summed E-state index contributed by atoms with van der Waals surface area (Å²) in [6.07, 6.45) is 1.35. The van der Waals surface area contributed by atoms with Gasteiger partial charge in [0.25, 0.3) is 0 Å². The third kappa shape index (κ3) is 3.74. The Labute approximate surface area is 160 Å². The number of amides is 1. The van der Waals surface area contributed by atoms with Gasteiger partial charge in [0.05, 0.1) is 22.7 Å². The molecule has 2 aromatic carbocycles. The molecular formula is C20H18ClNO3S. The van der Waals surface area contributed by atoms with Gasteiger partial charge in [-0.3, -0.25) is 9.59 Å². The Balaban J connectivity index is 1.75. The highest BCUT2D eigenvalue weighted by Gasteiger charge is 2.16. The zero-order chi connectivity index (χ0) is 18.7. The monoisotopic (exact) mass is 387 g/mol. The number of fused-ring (bicyclic) bond motifs is 1. The van der Waals surface area contributed by atoms with Crippen molar-refractivity contribution in [2.45, 2.75) is 13.3 Å². The van der Waals surface area contributed by atoms with E-state index < -0.39 is 0 Å². The van der Waals surface area contributed by atoms with E-state index in [1.54, 1.807) is 18.6 Å². The zero-order valence-electron chi connectivity index (χ0n) is 14.4. The van der Waals surface area contributed by atoms with Crippen molar-refractivity contribution in [3.63, 3.8) is 0 Å². The normalized spacial score (nSPS) is 12.0. The van der Waals surface area contributed by atoms with Gasteiger partial charge in [-0.2, -0.15) is 0 Å². The van der Waals surface area contributed by atoms with Crippen LogP contribution in [0.4, 0.5) is 5.69 Å². The maximum atomic E-state index is 12.4. The molecule has 0 aliphatic rings. The summed E-state index contributed by atoms with van der Waals surface area (Å²) in [5.41, 5.74) is 1.61. The molecule has 0 saturated carbocycles. The van der Waals surface area contributed by atoms with Crippen molar-refractivity contribution in [2.24, 2.45) is 5.92 Å². The molecule has 1 N–H and O–H groups in total. The number of ether oxygens (including phenoxy) is 1. The van der Waals surface area contributed by atoms with Crippen LogP contribution >= 0.6 is 22.9 Å². The van der Waals surface area contributed by atoms with E-state index in [1.165, 1.54) is 11.3 Å². The smallest absolute Gasteiger partial charge is 0.227 e. The lowest BCUT2D eigenvalue weighted by Gasteiger charge is -2.13. The molecule has 0 radical (unpaired) electrons. The van der Waals surface area contributed by atoms with Crippen LogP contribution in [0.2, 0.25) is 5.02 Å². The summed E-state index contributed by atoms with van der Waals surface area (Å²) in [4.78, 5) is 23.9. The lowest BCUT2D eigenvalue weighted by atomic mass is 9.97. The van der Waals surface area contributed by atoms with Crippen LogP contribution in [0.15, 0.2) is 41.8 Å². The molecule has 1 amide bonds. The molecule has 0 spiro atoms. The van der Waals surface area contributed by atoms with E-state index in [-0.39, 0.29) is 11.8 Å². The number of hydrogen-bond acceptors (Lipinski definition) is 4. The Morgan fingerprint density at radius 1 is 1.31 bits per heavy atom. The number of methoxy groups -OCH3 is 1. The molecule has 6 heteroatoms. The van der Waals surface area contributed by atoms with Crippen molar-refractivity contribution in [3.05, 3.63) is 57.2 Å². The van der Waals surface area contributed by atoms with Crippen LogP contribution in [0, 0.1) is 5.92 Å². The minimum absolute atomic E-state index is 0.112. The second kappa shape index (κ2) is 7.89. The predicted octanol–water partition coefficient (Wildman–Crippen LogP) is 5.19. The highest BCUT2D eigenvalue weighted by Crippen LogP contribution is 2.33. The largest absolute Gasteiger partial charge is 0.495 e. The van der Waals surface area contributed by atoms with Crippen LogP contribution in [-0.2, 0) is 11.2 Å². The SMILES string of the molecule is COc1ccc2cc(CC(C)C(=O)Nc3ccsc3C=O)ccc2c1Cl. The lowest BCUT2D eigenvalue weighted by molar-refractivity contribution is -0.119. The highest BCUT2D eigenvalue weighted by atomic mass is 35.5. The first kappa shape index (κ1) is 18.4. The van der Waals surface area contributed by atoms with Crippen molar-refractivity contribution in [2.75, 3.05) is 12.4 Å². The number of nitrogens with one attached hydrogen (secondary N) is 1. The van der Waals surface area contributed by atoms with Gasteiger partial charge in [-0.05, 0) is 34.9 Å². The van der Waals surface area contributed by atoms with Gasteiger partial charge in [0.1, 0.15) is 5.75 Å². The number of aldehydes is 1. The Morgan fingerprint density at radius 3 is 2.85 bits per heavy atom. The molecule has 3 aromatic rings. The molecule has 4 nitrogen and oxygen atoms in total. The van der Waals surface area contributed by atoms with Crippen molar-refractivity contribution < 1.29 is 14.3 Å². The number of anilines is 1. The highest BCUT2D eigenvalue weighted by molar-refractivity contribution is 7.12. The van der Waals surface area contributed by atoms with Crippen LogP contribution in [0.25, 0.3) is 10.8 Å². The zero-order valence-corrected chi connectivity index (χ0v) is 16.0. The number of benzene rings is 2. The first-order valence-corrected chi connectivity index (χ1v) is 9.38. The van der Waals surface area contributed by atoms with E-state index in [0.29, 0.717) is 27.8 Å². The molecule has 0 saturated heterocycles. The lowest BCUT2D eigenvalue weighted by Crippen LogP contribution is -2.22. The van der Waals surface area contributed by atoms with Gasteiger partial charge in [0.15, 0.2) is 6.29 Å². The summed E-state index contributed by atoms with van der Waals surface area (Å²) < 4.78 is 5.24. The third-order valence-corrected chi connectivity index (χ3v) is 5.48. The fourth-order valence-corrected chi connectivity index (χ4v) is 3.79. The summed E-state index contributed by atoms with van der Waals surface area (Å²) >= 11 is 7.65.